The molecule has 0 aliphatic carbocycles. The Morgan fingerprint density at radius 3 is 2.73 bits per heavy atom. The second kappa shape index (κ2) is 2.96. The summed E-state index contributed by atoms with van der Waals surface area (Å²) < 4.78 is 0. The van der Waals surface area contributed by atoms with Gasteiger partial charge in [-0.05, 0) is 31.7 Å². The van der Waals surface area contributed by atoms with Crippen molar-refractivity contribution in [2.45, 2.75) is 18.4 Å². The lowest BCUT2D eigenvalue weighted by molar-refractivity contribution is 0.145. The van der Waals surface area contributed by atoms with E-state index in [1.807, 2.05) is 11.8 Å². The fraction of sp³-hybridized carbons (Fsp3) is 1.00. The van der Waals surface area contributed by atoms with Gasteiger partial charge in [-0.15, -0.1) is 0 Å². The van der Waals surface area contributed by atoms with Gasteiger partial charge in [0.15, 0.2) is 0 Å². The minimum atomic E-state index is 0.158. The molecule has 2 heterocycles. The molecule has 3 heteroatoms. The van der Waals surface area contributed by atoms with Crippen LogP contribution in [0.3, 0.4) is 0 Å². The minimum Gasteiger partial charge on any atom is -0.323 e. The number of hydrogen-bond acceptors (Lipinski definition) is 3. The predicted octanol–water partition coefficient (Wildman–Crippen LogP) is 0.526. The largest absolute Gasteiger partial charge is 0.323 e. The van der Waals surface area contributed by atoms with Gasteiger partial charge in [-0.2, -0.15) is 11.8 Å². The third-order valence-corrected chi connectivity index (χ3v) is 3.89. The molecule has 1 atom stereocenters. The topological polar surface area (TPSA) is 29.3 Å². The maximum absolute atomic E-state index is 6.21. The Morgan fingerprint density at radius 1 is 1.45 bits per heavy atom. The van der Waals surface area contributed by atoms with E-state index in [2.05, 4.69) is 4.90 Å². The Bertz CT molecular complexity index is 139. The first kappa shape index (κ1) is 7.90. The van der Waals surface area contributed by atoms with Crippen LogP contribution in [-0.2, 0) is 0 Å². The third-order valence-electron chi connectivity index (χ3n) is 2.62. The maximum Gasteiger partial charge on any atom is 0.0382 e. The Morgan fingerprint density at radius 2 is 2.27 bits per heavy atom. The van der Waals surface area contributed by atoms with Crippen LogP contribution in [-0.4, -0.2) is 41.6 Å². The molecule has 0 aromatic carbocycles. The van der Waals surface area contributed by atoms with Crippen LogP contribution < -0.4 is 5.73 Å². The summed E-state index contributed by atoms with van der Waals surface area (Å²) in [5, 5.41) is 0. The van der Waals surface area contributed by atoms with Crippen molar-refractivity contribution in [3.63, 3.8) is 0 Å². The van der Waals surface area contributed by atoms with Gasteiger partial charge in [0.25, 0.3) is 0 Å². The van der Waals surface area contributed by atoms with Crippen LogP contribution in [0.25, 0.3) is 0 Å². The SMILES string of the molecule is NC1(CN2CCC2)CCSC1. The summed E-state index contributed by atoms with van der Waals surface area (Å²) in [6.45, 7) is 3.70. The molecule has 0 aromatic rings. The molecular formula is C8H16N2S. The Balaban J connectivity index is 1.82. The molecule has 0 spiro atoms. The van der Waals surface area contributed by atoms with Gasteiger partial charge < -0.3 is 10.6 Å². The normalized spacial score (nSPS) is 39.0. The van der Waals surface area contributed by atoms with E-state index in [-0.39, 0.29) is 5.54 Å². The van der Waals surface area contributed by atoms with Crippen LogP contribution in [0.2, 0.25) is 0 Å². The molecule has 2 fully saturated rings. The monoisotopic (exact) mass is 172 g/mol. The summed E-state index contributed by atoms with van der Waals surface area (Å²) >= 11 is 2.01. The fourth-order valence-electron chi connectivity index (χ4n) is 1.73. The summed E-state index contributed by atoms with van der Waals surface area (Å²) in [4.78, 5) is 2.48. The molecule has 2 aliphatic rings. The van der Waals surface area contributed by atoms with Gasteiger partial charge in [-0.3, -0.25) is 0 Å². The Kier molecular flexibility index (Phi) is 2.12. The fourth-order valence-corrected chi connectivity index (χ4v) is 3.07. The van der Waals surface area contributed by atoms with Gasteiger partial charge in [0.1, 0.15) is 0 Å². The number of nitrogens with zero attached hydrogens (tertiary/aromatic N) is 1. The highest BCUT2D eigenvalue weighted by Crippen LogP contribution is 2.27. The third kappa shape index (κ3) is 1.71. The number of likely N-dealkylation sites (tertiary alicyclic amines) is 1. The van der Waals surface area contributed by atoms with Crippen molar-refractivity contribution in [3.8, 4) is 0 Å². The van der Waals surface area contributed by atoms with Gasteiger partial charge in [-0.1, -0.05) is 0 Å². The van der Waals surface area contributed by atoms with E-state index in [4.69, 9.17) is 5.73 Å². The molecule has 0 radical (unpaired) electrons. The van der Waals surface area contributed by atoms with E-state index in [0.717, 1.165) is 6.54 Å². The average molecular weight is 172 g/mol. The number of nitrogens with two attached hydrogens (primary N) is 1. The van der Waals surface area contributed by atoms with Crippen LogP contribution in [0.15, 0.2) is 0 Å². The molecule has 1 unspecified atom stereocenters. The molecule has 2 saturated heterocycles. The smallest absolute Gasteiger partial charge is 0.0382 e. The summed E-state index contributed by atoms with van der Waals surface area (Å²) in [6, 6.07) is 0. The van der Waals surface area contributed by atoms with Gasteiger partial charge in [0.05, 0.1) is 0 Å². The van der Waals surface area contributed by atoms with Crippen molar-refractivity contribution in [2.75, 3.05) is 31.1 Å². The Hall–Kier alpha value is 0.270. The standard InChI is InChI=1S/C8H16N2S/c9-8(2-5-11-7-8)6-10-3-1-4-10/h1-7,9H2. The van der Waals surface area contributed by atoms with Crippen LogP contribution in [0, 0.1) is 0 Å². The maximum atomic E-state index is 6.21. The van der Waals surface area contributed by atoms with Crippen LogP contribution in [0.4, 0.5) is 0 Å². The van der Waals surface area contributed by atoms with Gasteiger partial charge in [0, 0.05) is 17.8 Å². The molecule has 2 N–H and O–H groups in total. The lowest BCUT2D eigenvalue weighted by atomic mass is 9.98. The molecule has 0 bridgehead atoms. The quantitative estimate of drug-likeness (QED) is 0.659. The molecule has 0 amide bonds. The summed E-state index contributed by atoms with van der Waals surface area (Å²) in [6.07, 6.45) is 2.59. The molecule has 2 nitrogen and oxygen atoms in total. The molecular weight excluding hydrogens is 156 g/mol. The van der Waals surface area contributed by atoms with Crippen LogP contribution in [0.1, 0.15) is 12.8 Å². The van der Waals surface area contributed by atoms with Crippen molar-refractivity contribution in [1.29, 1.82) is 0 Å². The molecule has 2 rings (SSSR count). The molecule has 64 valence electrons. The zero-order valence-corrected chi connectivity index (χ0v) is 7.70. The first-order valence-corrected chi connectivity index (χ1v) is 5.53. The van der Waals surface area contributed by atoms with E-state index in [9.17, 15) is 0 Å². The molecule has 2 aliphatic heterocycles. The van der Waals surface area contributed by atoms with Gasteiger partial charge >= 0.3 is 0 Å². The van der Waals surface area contributed by atoms with E-state index < -0.39 is 0 Å². The highest BCUT2D eigenvalue weighted by molar-refractivity contribution is 7.99. The Labute approximate surface area is 72.5 Å². The number of thioether (sulfide) groups is 1. The van der Waals surface area contributed by atoms with Crippen molar-refractivity contribution < 1.29 is 0 Å². The minimum absolute atomic E-state index is 0.158. The van der Waals surface area contributed by atoms with Gasteiger partial charge in [-0.25, -0.2) is 0 Å². The average Bonchev–Trinajstić information content (AvgIpc) is 2.29. The van der Waals surface area contributed by atoms with Crippen molar-refractivity contribution in [3.05, 3.63) is 0 Å². The van der Waals surface area contributed by atoms with Crippen LogP contribution in [0.5, 0.6) is 0 Å². The van der Waals surface area contributed by atoms with E-state index in [1.54, 1.807) is 0 Å². The van der Waals surface area contributed by atoms with Crippen molar-refractivity contribution in [2.24, 2.45) is 5.73 Å². The highest BCUT2D eigenvalue weighted by atomic mass is 32.2. The lowest BCUT2D eigenvalue weighted by Crippen LogP contribution is -2.54. The first-order chi connectivity index (χ1) is 5.29. The van der Waals surface area contributed by atoms with Crippen molar-refractivity contribution in [1.82, 2.24) is 4.90 Å². The molecule has 11 heavy (non-hydrogen) atoms. The summed E-state index contributed by atoms with van der Waals surface area (Å²) in [5.74, 6) is 2.44. The summed E-state index contributed by atoms with van der Waals surface area (Å²) in [5.41, 5.74) is 6.36. The first-order valence-electron chi connectivity index (χ1n) is 4.38. The molecule has 0 aromatic heterocycles. The van der Waals surface area contributed by atoms with E-state index in [1.165, 1.54) is 37.4 Å². The van der Waals surface area contributed by atoms with Crippen LogP contribution >= 0.6 is 11.8 Å². The van der Waals surface area contributed by atoms with E-state index in [0.29, 0.717) is 0 Å². The second-order valence-electron chi connectivity index (χ2n) is 3.79. The van der Waals surface area contributed by atoms with E-state index >= 15 is 0 Å². The summed E-state index contributed by atoms with van der Waals surface area (Å²) in [7, 11) is 0. The second-order valence-corrected chi connectivity index (χ2v) is 4.90. The van der Waals surface area contributed by atoms with Gasteiger partial charge in [0.2, 0.25) is 0 Å². The highest BCUT2D eigenvalue weighted by Gasteiger charge is 2.33. The van der Waals surface area contributed by atoms with Crippen molar-refractivity contribution >= 4 is 11.8 Å². The number of rotatable bonds is 2. The number of hydrogen-bond donors (Lipinski definition) is 1. The molecule has 0 saturated carbocycles. The lowest BCUT2D eigenvalue weighted by Gasteiger charge is -2.37. The predicted molar refractivity (Wildman–Crippen MR) is 49.9 cm³/mol. The zero-order valence-electron chi connectivity index (χ0n) is 6.88. The zero-order chi connectivity index (χ0) is 7.73.